The highest BCUT2D eigenvalue weighted by atomic mass is 32.1. The van der Waals surface area contributed by atoms with E-state index in [1.807, 2.05) is 34.5 Å². The van der Waals surface area contributed by atoms with Crippen LogP contribution in [0.5, 0.6) is 0 Å². The Morgan fingerprint density at radius 2 is 2.19 bits per heavy atom. The van der Waals surface area contributed by atoms with E-state index in [1.165, 1.54) is 0 Å². The van der Waals surface area contributed by atoms with E-state index in [0.29, 0.717) is 17.7 Å². The number of hydrogen-bond acceptors (Lipinski definition) is 4. The Balaban J connectivity index is 1.60. The monoisotopic (exact) mass is 369 g/mol. The highest BCUT2D eigenvalue weighted by Crippen LogP contribution is 2.35. The maximum absolute atomic E-state index is 12.9. The van der Waals surface area contributed by atoms with Crippen LogP contribution in [0.2, 0.25) is 0 Å². The van der Waals surface area contributed by atoms with Gasteiger partial charge in [0.2, 0.25) is 0 Å². The number of piperidine rings is 1. The van der Waals surface area contributed by atoms with Gasteiger partial charge in [-0.25, -0.2) is 0 Å². The number of benzene rings is 1. The number of thiophene rings is 1. The van der Waals surface area contributed by atoms with Crippen molar-refractivity contribution in [3.63, 3.8) is 0 Å². The van der Waals surface area contributed by atoms with Crippen LogP contribution in [0, 0.1) is 0 Å². The second-order valence-corrected chi connectivity index (χ2v) is 7.79. The fraction of sp³-hybridized carbons (Fsp3) is 0.400. The minimum atomic E-state index is -0.101. The smallest absolute Gasteiger partial charge is 0.257 e. The molecule has 2 aliphatic heterocycles. The van der Waals surface area contributed by atoms with Crippen LogP contribution < -0.4 is 10.2 Å². The molecule has 6 heteroatoms. The quantitative estimate of drug-likeness (QED) is 0.898. The van der Waals surface area contributed by atoms with E-state index in [0.717, 1.165) is 42.9 Å². The van der Waals surface area contributed by atoms with Crippen molar-refractivity contribution in [2.24, 2.45) is 0 Å². The van der Waals surface area contributed by atoms with E-state index in [2.05, 4.69) is 17.1 Å². The van der Waals surface area contributed by atoms with Crippen molar-refractivity contribution < 1.29 is 9.59 Å². The molecule has 1 aromatic carbocycles. The Morgan fingerprint density at radius 1 is 1.31 bits per heavy atom. The molecule has 3 heterocycles. The zero-order chi connectivity index (χ0) is 18.1. The lowest BCUT2D eigenvalue weighted by Crippen LogP contribution is -2.57. The Kier molecular flexibility index (Phi) is 4.68. The fourth-order valence-corrected chi connectivity index (χ4v) is 4.59. The number of rotatable bonds is 4. The zero-order valence-electron chi connectivity index (χ0n) is 14.9. The molecule has 1 saturated heterocycles. The van der Waals surface area contributed by atoms with Crippen LogP contribution in [0.3, 0.4) is 0 Å². The van der Waals surface area contributed by atoms with E-state index < -0.39 is 0 Å². The predicted molar refractivity (Wildman–Crippen MR) is 104 cm³/mol. The van der Waals surface area contributed by atoms with Gasteiger partial charge in [-0.3, -0.25) is 9.59 Å². The van der Waals surface area contributed by atoms with Crippen LogP contribution in [0.4, 0.5) is 5.69 Å². The number of nitrogens with zero attached hydrogens (tertiary/aromatic N) is 2. The summed E-state index contributed by atoms with van der Waals surface area (Å²) in [5.74, 6) is -0.00396. The van der Waals surface area contributed by atoms with Gasteiger partial charge in [0.1, 0.15) is 6.17 Å². The summed E-state index contributed by atoms with van der Waals surface area (Å²) in [7, 11) is 0. The van der Waals surface area contributed by atoms with Gasteiger partial charge < -0.3 is 15.1 Å². The highest BCUT2D eigenvalue weighted by Gasteiger charge is 2.38. The molecule has 2 aliphatic rings. The lowest BCUT2D eigenvalue weighted by Gasteiger charge is -2.47. The third-order valence-electron chi connectivity index (χ3n) is 5.24. The fourth-order valence-electron chi connectivity index (χ4n) is 3.95. The molecule has 1 N–H and O–H groups in total. The van der Waals surface area contributed by atoms with E-state index >= 15 is 0 Å². The number of amides is 2. The van der Waals surface area contributed by atoms with Crippen LogP contribution in [0.1, 0.15) is 51.8 Å². The third-order valence-corrected chi connectivity index (χ3v) is 6.11. The molecule has 1 aromatic heterocycles. The van der Waals surface area contributed by atoms with E-state index in [9.17, 15) is 9.59 Å². The summed E-state index contributed by atoms with van der Waals surface area (Å²) < 4.78 is 0. The van der Waals surface area contributed by atoms with Crippen molar-refractivity contribution in [1.29, 1.82) is 0 Å². The Hall–Kier alpha value is -2.34. The first-order valence-electron chi connectivity index (χ1n) is 9.21. The molecular formula is C20H23N3O2S. The molecule has 0 radical (unpaired) electrons. The molecule has 1 fully saturated rings. The second-order valence-electron chi connectivity index (χ2n) is 6.75. The minimum Gasteiger partial charge on any atom is -0.351 e. The maximum Gasteiger partial charge on any atom is 0.257 e. The highest BCUT2D eigenvalue weighted by molar-refractivity contribution is 7.09. The number of carbonyl (C=O) groups excluding carboxylic acids is 2. The first-order valence-corrected chi connectivity index (χ1v) is 10.1. The van der Waals surface area contributed by atoms with Gasteiger partial charge in [0.05, 0.1) is 17.8 Å². The molecule has 0 saturated carbocycles. The van der Waals surface area contributed by atoms with Crippen molar-refractivity contribution in [2.75, 3.05) is 18.0 Å². The Bertz CT molecular complexity index is 818. The van der Waals surface area contributed by atoms with Crippen molar-refractivity contribution in [2.45, 2.75) is 38.9 Å². The second kappa shape index (κ2) is 7.11. The summed E-state index contributed by atoms with van der Waals surface area (Å²) in [5, 5.41) is 4.97. The van der Waals surface area contributed by atoms with Gasteiger partial charge in [-0.15, -0.1) is 11.3 Å². The third kappa shape index (κ3) is 2.98. The average Bonchev–Trinajstić information content (AvgIpc) is 3.20. The summed E-state index contributed by atoms with van der Waals surface area (Å²) in [5.41, 5.74) is 2.21. The zero-order valence-corrected chi connectivity index (χ0v) is 15.7. The molecule has 0 aliphatic carbocycles. The summed E-state index contributed by atoms with van der Waals surface area (Å²) in [6.45, 7) is 4.28. The van der Waals surface area contributed by atoms with Gasteiger partial charge in [0.25, 0.3) is 11.8 Å². The van der Waals surface area contributed by atoms with Gasteiger partial charge in [-0.1, -0.05) is 6.07 Å². The summed E-state index contributed by atoms with van der Waals surface area (Å²) in [6, 6.07) is 9.44. The number of hydrogen-bond donors (Lipinski definition) is 1. The molecule has 2 aromatic rings. The van der Waals surface area contributed by atoms with Gasteiger partial charge in [-0.2, -0.15) is 0 Å². The summed E-state index contributed by atoms with van der Waals surface area (Å²) >= 11 is 1.63. The maximum atomic E-state index is 12.9. The molecule has 0 unspecified atom stereocenters. The molecule has 4 rings (SSSR count). The standard InChI is InChI=1S/C20H23N3O2S/c1-2-22-17-12-14(19(24)21-13-15-6-5-11-26-15)8-9-16(17)20(25)23-10-4-3-7-18(22)23/h5-6,8-9,11-12,18H,2-4,7,10,13H2,1H3,(H,21,24)/t18-/m1/s1. The van der Waals surface area contributed by atoms with Gasteiger partial charge in [0.15, 0.2) is 0 Å². The topological polar surface area (TPSA) is 52.7 Å². The summed E-state index contributed by atoms with van der Waals surface area (Å²) in [6.07, 6.45) is 3.33. The number of carbonyl (C=O) groups is 2. The first kappa shape index (κ1) is 17.1. The molecule has 5 nitrogen and oxygen atoms in total. The number of anilines is 1. The van der Waals surface area contributed by atoms with Crippen LogP contribution in [0.25, 0.3) is 0 Å². The van der Waals surface area contributed by atoms with E-state index in [-0.39, 0.29) is 18.0 Å². The molecule has 26 heavy (non-hydrogen) atoms. The van der Waals surface area contributed by atoms with E-state index in [1.54, 1.807) is 17.4 Å². The predicted octanol–water partition coefficient (Wildman–Crippen LogP) is 3.47. The first-order chi connectivity index (χ1) is 12.7. The molecule has 1 atom stereocenters. The van der Waals surface area contributed by atoms with Gasteiger partial charge >= 0.3 is 0 Å². The SMILES string of the molecule is CCN1c2cc(C(=O)NCc3cccs3)ccc2C(=O)N2CCCC[C@@H]21. The molecule has 136 valence electrons. The van der Waals surface area contributed by atoms with Crippen molar-refractivity contribution in [3.8, 4) is 0 Å². The van der Waals surface area contributed by atoms with Crippen molar-refractivity contribution in [1.82, 2.24) is 10.2 Å². The average molecular weight is 369 g/mol. The lowest BCUT2D eigenvalue weighted by atomic mass is 9.97. The lowest BCUT2D eigenvalue weighted by molar-refractivity contribution is 0.0582. The largest absolute Gasteiger partial charge is 0.351 e. The van der Waals surface area contributed by atoms with Crippen molar-refractivity contribution >= 4 is 28.8 Å². The van der Waals surface area contributed by atoms with E-state index in [4.69, 9.17) is 0 Å². The summed E-state index contributed by atoms with van der Waals surface area (Å²) in [4.78, 5) is 30.8. The normalized spacial score (nSPS) is 19.1. The Morgan fingerprint density at radius 3 is 2.96 bits per heavy atom. The van der Waals surface area contributed by atoms with Crippen molar-refractivity contribution in [3.05, 3.63) is 51.7 Å². The van der Waals surface area contributed by atoms with Crippen LogP contribution in [-0.2, 0) is 6.54 Å². The Labute approximate surface area is 157 Å². The van der Waals surface area contributed by atoms with Crippen LogP contribution >= 0.6 is 11.3 Å². The van der Waals surface area contributed by atoms with Gasteiger partial charge in [-0.05, 0) is 55.8 Å². The number of nitrogens with one attached hydrogen (secondary N) is 1. The van der Waals surface area contributed by atoms with Crippen LogP contribution in [0.15, 0.2) is 35.7 Å². The molecular weight excluding hydrogens is 346 g/mol. The molecule has 0 spiro atoms. The molecule has 2 amide bonds. The molecule has 0 bridgehead atoms. The van der Waals surface area contributed by atoms with Gasteiger partial charge in [0, 0.05) is 23.5 Å². The minimum absolute atomic E-state index is 0.0972. The number of fused-ring (bicyclic) bond motifs is 2. The van der Waals surface area contributed by atoms with Crippen LogP contribution in [-0.4, -0.2) is 36.0 Å².